The molecule has 0 atom stereocenters. The Kier molecular flexibility index (Phi) is 5.57. The first kappa shape index (κ1) is 15.8. The number of likely N-dealkylation sites (N-methyl/N-ethyl adjacent to an activating group) is 1. The Morgan fingerprint density at radius 2 is 1.81 bits per heavy atom. The maximum Gasteiger partial charge on any atom is 0.137 e. The van der Waals surface area contributed by atoms with Gasteiger partial charge in [0, 0.05) is 25.6 Å². The predicted molar refractivity (Wildman–Crippen MR) is 89.2 cm³/mol. The van der Waals surface area contributed by atoms with Crippen molar-refractivity contribution in [3.63, 3.8) is 0 Å². The van der Waals surface area contributed by atoms with Gasteiger partial charge in [-0.1, -0.05) is 48.9 Å². The van der Waals surface area contributed by atoms with E-state index in [0.29, 0.717) is 5.15 Å². The van der Waals surface area contributed by atoms with Crippen LogP contribution in [0.25, 0.3) is 0 Å². The number of hydrogen-bond acceptors (Lipinski definition) is 3. The average Bonchev–Trinajstić information content (AvgIpc) is 2.49. The van der Waals surface area contributed by atoms with Crippen molar-refractivity contribution in [3.8, 4) is 0 Å². The van der Waals surface area contributed by atoms with Crippen LogP contribution in [0.2, 0.25) is 5.15 Å². The van der Waals surface area contributed by atoms with Gasteiger partial charge in [-0.3, -0.25) is 0 Å². The molecule has 0 radical (unpaired) electrons. The van der Waals surface area contributed by atoms with E-state index in [9.17, 15) is 0 Å². The quantitative estimate of drug-likeness (QED) is 0.753. The largest absolute Gasteiger partial charge is 0.359 e. The van der Waals surface area contributed by atoms with Gasteiger partial charge < -0.3 is 4.90 Å². The van der Waals surface area contributed by atoms with Crippen molar-refractivity contribution in [1.82, 2.24) is 9.97 Å². The summed E-state index contributed by atoms with van der Waals surface area (Å²) in [4.78, 5) is 11.2. The molecule has 0 spiro atoms. The fraction of sp³-hybridized carbons (Fsp3) is 0.412. The van der Waals surface area contributed by atoms with Crippen LogP contribution in [0.1, 0.15) is 30.3 Å². The van der Waals surface area contributed by atoms with Crippen molar-refractivity contribution < 1.29 is 0 Å². The summed E-state index contributed by atoms with van der Waals surface area (Å²) in [6.45, 7) is 5.01. The van der Waals surface area contributed by atoms with E-state index in [-0.39, 0.29) is 0 Å². The summed E-state index contributed by atoms with van der Waals surface area (Å²) < 4.78 is 0. The average molecular weight is 304 g/mol. The zero-order chi connectivity index (χ0) is 15.2. The van der Waals surface area contributed by atoms with Gasteiger partial charge in [-0.15, -0.1) is 0 Å². The van der Waals surface area contributed by atoms with E-state index in [1.165, 1.54) is 5.56 Å². The van der Waals surface area contributed by atoms with Gasteiger partial charge in [-0.25, -0.2) is 9.97 Å². The second kappa shape index (κ2) is 7.41. The first-order chi connectivity index (χ1) is 10.1. The summed E-state index contributed by atoms with van der Waals surface area (Å²) in [6.07, 6.45) is 2.87. The number of halogens is 1. The number of rotatable bonds is 6. The SMILES string of the molecule is CCCc1nc(Cl)c(C)c(N(C)CCc2ccccc2)n1. The first-order valence-electron chi connectivity index (χ1n) is 7.40. The lowest BCUT2D eigenvalue weighted by molar-refractivity contribution is 0.799. The molecule has 0 saturated carbocycles. The molecule has 0 aliphatic heterocycles. The maximum absolute atomic E-state index is 6.24. The van der Waals surface area contributed by atoms with Gasteiger partial charge in [-0.05, 0) is 25.3 Å². The fourth-order valence-electron chi connectivity index (χ4n) is 2.27. The predicted octanol–water partition coefficient (Wildman–Crippen LogP) is 4.07. The highest BCUT2D eigenvalue weighted by molar-refractivity contribution is 6.30. The van der Waals surface area contributed by atoms with Crippen LogP contribution in [-0.2, 0) is 12.8 Å². The zero-order valence-corrected chi connectivity index (χ0v) is 13.7. The summed E-state index contributed by atoms with van der Waals surface area (Å²) in [5, 5.41) is 0.565. The molecule has 21 heavy (non-hydrogen) atoms. The summed E-state index contributed by atoms with van der Waals surface area (Å²) in [6, 6.07) is 10.5. The molecule has 0 amide bonds. The molecule has 1 aromatic heterocycles. The van der Waals surface area contributed by atoms with Crippen molar-refractivity contribution in [1.29, 1.82) is 0 Å². The summed E-state index contributed by atoms with van der Waals surface area (Å²) >= 11 is 6.24. The maximum atomic E-state index is 6.24. The molecule has 0 aliphatic rings. The van der Waals surface area contributed by atoms with Crippen LogP contribution >= 0.6 is 11.6 Å². The van der Waals surface area contributed by atoms with Crippen LogP contribution < -0.4 is 4.90 Å². The third kappa shape index (κ3) is 4.18. The molecule has 4 heteroatoms. The van der Waals surface area contributed by atoms with Gasteiger partial charge in [0.25, 0.3) is 0 Å². The molecule has 0 N–H and O–H groups in total. The van der Waals surface area contributed by atoms with Gasteiger partial charge in [0.2, 0.25) is 0 Å². The second-order valence-corrected chi connectivity index (χ2v) is 5.64. The van der Waals surface area contributed by atoms with E-state index in [1.54, 1.807) is 0 Å². The van der Waals surface area contributed by atoms with Gasteiger partial charge in [0.1, 0.15) is 16.8 Å². The molecule has 0 bridgehead atoms. The number of hydrogen-bond donors (Lipinski definition) is 0. The fourth-order valence-corrected chi connectivity index (χ4v) is 2.46. The number of anilines is 1. The van der Waals surface area contributed by atoms with Crippen LogP contribution in [0.5, 0.6) is 0 Å². The second-order valence-electron chi connectivity index (χ2n) is 5.29. The van der Waals surface area contributed by atoms with Crippen molar-refractivity contribution in [2.75, 3.05) is 18.5 Å². The zero-order valence-electron chi connectivity index (χ0n) is 12.9. The van der Waals surface area contributed by atoms with Crippen LogP contribution in [-0.4, -0.2) is 23.6 Å². The molecule has 0 fully saturated rings. The lowest BCUT2D eigenvalue weighted by Crippen LogP contribution is -2.23. The van der Waals surface area contributed by atoms with Crippen LogP contribution in [0.15, 0.2) is 30.3 Å². The minimum atomic E-state index is 0.565. The highest BCUT2D eigenvalue weighted by Gasteiger charge is 2.12. The Labute approximate surface area is 132 Å². The molecule has 0 unspecified atom stereocenters. The lowest BCUT2D eigenvalue weighted by atomic mass is 10.1. The van der Waals surface area contributed by atoms with Crippen molar-refractivity contribution in [2.24, 2.45) is 0 Å². The van der Waals surface area contributed by atoms with E-state index in [4.69, 9.17) is 11.6 Å². The van der Waals surface area contributed by atoms with Gasteiger partial charge >= 0.3 is 0 Å². The van der Waals surface area contributed by atoms with Gasteiger partial charge in [0.15, 0.2) is 0 Å². The van der Waals surface area contributed by atoms with Crippen LogP contribution in [0, 0.1) is 6.92 Å². The first-order valence-corrected chi connectivity index (χ1v) is 7.77. The molecule has 112 valence electrons. The molecule has 0 aliphatic carbocycles. The van der Waals surface area contributed by atoms with E-state index in [2.05, 4.69) is 53.1 Å². The summed E-state index contributed by atoms with van der Waals surface area (Å²) in [5.74, 6) is 1.77. The topological polar surface area (TPSA) is 29.0 Å². The normalized spacial score (nSPS) is 10.7. The number of nitrogens with zero attached hydrogens (tertiary/aromatic N) is 3. The van der Waals surface area contributed by atoms with E-state index in [1.807, 2.05) is 13.0 Å². The third-order valence-corrected chi connectivity index (χ3v) is 3.89. The standard InChI is InChI=1S/C17H22ClN3/c1-4-8-15-19-16(18)13(2)17(20-15)21(3)12-11-14-9-6-5-7-10-14/h5-7,9-10H,4,8,11-12H2,1-3H3. The highest BCUT2D eigenvalue weighted by Crippen LogP contribution is 2.23. The Bertz CT molecular complexity index is 584. The number of aromatic nitrogens is 2. The highest BCUT2D eigenvalue weighted by atomic mass is 35.5. The minimum absolute atomic E-state index is 0.565. The number of aryl methyl sites for hydroxylation is 1. The molecule has 1 aromatic carbocycles. The van der Waals surface area contributed by atoms with Crippen molar-refractivity contribution in [2.45, 2.75) is 33.1 Å². The van der Waals surface area contributed by atoms with Crippen LogP contribution in [0.4, 0.5) is 5.82 Å². The smallest absolute Gasteiger partial charge is 0.137 e. The van der Waals surface area contributed by atoms with Crippen LogP contribution in [0.3, 0.4) is 0 Å². The lowest BCUT2D eigenvalue weighted by Gasteiger charge is -2.21. The van der Waals surface area contributed by atoms with E-state index < -0.39 is 0 Å². The summed E-state index contributed by atoms with van der Waals surface area (Å²) in [7, 11) is 2.06. The Hall–Kier alpha value is -1.61. The number of benzene rings is 1. The van der Waals surface area contributed by atoms with Gasteiger partial charge in [-0.2, -0.15) is 0 Å². The van der Waals surface area contributed by atoms with Crippen molar-refractivity contribution >= 4 is 17.4 Å². The minimum Gasteiger partial charge on any atom is -0.359 e. The Morgan fingerprint density at radius 3 is 2.48 bits per heavy atom. The van der Waals surface area contributed by atoms with Gasteiger partial charge in [0.05, 0.1) is 0 Å². The molecule has 2 rings (SSSR count). The third-order valence-electron chi connectivity index (χ3n) is 3.52. The molecular formula is C17H22ClN3. The molecule has 2 aromatic rings. The monoisotopic (exact) mass is 303 g/mol. The summed E-state index contributed by atoms with van der Waals surface area (Å²) in [5.41, 5.74) is 2.28. The van der Waals surface area contributed by atoms with E-state index >= 15 is 0 Å². The van der Waals surface area contributed by atoms with E-state index in [0.717, 1.165) is 43.0 Å². The molecule has 1 heterocycles. The Morgan fingerprint density at radius 1 is 1.10 bits per heavy atom. The molecular weight excluding hydrogens is 282 g/mol. The van der Waals surface area contributed by atoms with Crippen molar-refractivity contribution in [3.05, 3.63) is 52.4 Å². The Balaban J connectivity index is 2.12. The molecule has 0 saturated heterocycles. The molecule has 3 nitrogen and oxygen atoms in total.